The summed E-state index contributed by atoms with van der Waals surface area (Å²) in [6.07, 6.45) is 0.746. The van der Waals surface area contributed by atoms with Crippen molar-refractivity contribution in [1.29, 1.82) is 0 Å². The first-order chi connectivity index (χ1) is 12.9. The molecule has 1 aliphatic rings. The Morgan fingerprint density at radius 1 is 1.19 bits per heavy atom. The van der Waals surface area contributed by atoms with Crippen molar-refractivity contribution in [3.8, 4) is 17.0 Å². The molecule has 1 fully saturated rings. The molecule has 3 aromatic rings. The van der Waals surface area contributed by atoms with E-state index in [1.54, 1.807) is 31.4 Å². The summed E-state index contributed by atoms with van der Waals surface area (Å²) in [6, 6.07) is 10.2. The van der Waals surface area contributed by atoms with Gasteiger partial charge in [0.25, 0.3) is 0 Å². The van der Waals surface area contributed by atoms with Crippen LogP contribution in [0.5, 0.6) is 5.75 Å². The molecule has 1 saturated carbocycles. The van der Waals surface area contributed by atoms with Gasteiger partial charge in [-0.3, -0.25) is 0 Å². The highest BCUT2D eigenvalue weighted by atomic mass is 19.3. The van der Waals surface area contributed by atoms with Crippen LogP contribution in [0.3, 0.4) is 0 Å². The largest absolute Gasteiger partial charge is 0.497 e. The number of alkyl halides is 2. The fourth-order valence-corrected chi connectivity index (χ4v) is 3.52. The topological polar surface area (TPSA) is 72.3 Å². The van der Waals surface area contributed by atoms with E-state index in [9.17, 15) is 18.7 Å². The molecule has 4 rings (SSSR count). The van der Waals surface area contributed by atoms with Gasteiger partial charge in [-0.15, -0.1) is 0 Å². The fourth-order valence-electron chi connectivity index (χ4n) is 3.52. The average Bonchev–Trinajstić information content (AvgIpc) is 2.64. The van der Waals surface area contributed by atoms with Crippen LogP contribution in [0.25, 0.3) is 22.2 Å². The molecule has 0 amide bonds. The first kappa shape index (κ1) is 17.3. The Morgan fingerprint density at radius 3 is 2.63 bits per heavy atom. The molecule has 138 valence electrons. The van der Waals surface area contributed by atoms with E-state index in [0.717, 1.165) is 5.39 Å². The lowest BCUT2D eigenvalue weighted by molar-refractivity contribution is -0.0869. The van der Waals surface area contributed by atoms with Gasteiger partial charge in [0, 0.05) is 29.9 Å². The summed E-state index contributed by atoms with van der Waals surface area (Å²) in [5.74, 6) is -3.66. The van der Waals surface area contributed by atoms with Crippen LogP contribution in [-0.2, 0) is 0 Å². The molecule has 0 saturated heterocycles. The minimum Gasteiger partial charge on any atom is -0.497 e. The van der Waals surface area contributed by atoms with Crippen molar-refractivity contribution in [3.05, 3.63) is 53.9 Å². The fraction of sp³-hybridized carbons (Fsp3) is 0.250. The molecule has 1 N–H and O–H groups in total. The number of halogens is 2. The maximum atomic E-state index is 13.3. The van der Waals surface area contributed by atoms with Gasteiger partial charge in [0.05, 0.1) is 23.9 Å². The second kappa shape index (κ2) is 6.26. The zero-order chi connectivity index (χ0) is 19.2. The van der Waals surface area contributed by atoms with E-state index in [1.165, 1.54) is 12.4 Å². The molecule has 27 heavy (non-hydrogen) atoms. The average molecular weight is 370 g/mol. The quantitative estimate of drug-likeness (QED) is 0.731. The molecular weight excluding hydrogens is 354 g/mol. The molecule has 0 spiro atoms. The summed E-state index contributed by atoms with van der Waals surface area (Å²) >= 11 is 0. The molecule has 1 aliphatic carbocycles. The van der Waals surface area contributed by atoms with Gasteiger partial charge < -0.3 is 9.84 Å². The van der Waals surface area contributed by atoms with Crippen LogP contribution in [0.1, 0.15) is 34.7 Å². The molecule has 5 nitrogen and oxygen atoms in total. The number of hydrogen-bond donors (Lipinski definition) is 1. The van der Waals surface area contributed by atoms with Crippen LogP contribution in [-0.4, -0.2) is 34.1 Å². The Labute approximate surface area is 153 Å². The normalized spacial score (nSPS) is 16.1. The van der Waals surface area contributed by atoms with Crippen molar-refractivity contribution in [3.63, 3.8) is 0 Å². The van der Waals surface area contributed by atoms with Gasteiger partial charge in [-0.2, -0.15) is 0 Å². The number of nitrogens with zero attached hydrogens (tertiary/aromatic N) is 2. The monoisotopic (exact) mass is 370 g/mol. The number of aromatic carboxylic acids is 1. The van der Waals surface area contributed by atoms with Gasteiger partial charge >= 0.3 is 5.97 Å². The minimum absolute atomic E-state index is 0.0549. The predicted octanol–water partition coefficient (Wildman–Crippen LogP) is 4.52. The van der Waals surface area contributed by atoms with E-state index in [4.69, 9.17) is 4.74 Å². The Balaban J connectivity index is 1.83. The molecule has 0 bridgehead atoms. The van der Waals surface area contributed by atoms with Gasteiger partial charge in [-0.05, 0) is 35.7 Å². The van der Waals surface area contributed by atoms with E-state index in [0.29, 0.717) is 28.1 Å². The highest BCUT2D eigenvalue weighted by Crippen LogP contribution is 2.49. The molecular formula is C20H16F2N2O3. The highest BCUT2D eigenvalue weighted by molar-refractivity contribution is 5.95. The zero-order valence-corrected chi connectivity index (χ0v) is 14.4. The number of carboxylic acid groups (broad SMARTS) is 1. The van der Waals surface area contributed by atoms with Gasteiger partial charge in [0.15, 0.2) is 0 Å². The Hall–Kier alpha value is -3.09. The number of benzene rings is 2. The lowest BCUT2D eigenvalue weighted by Gasteiger charge is -2.36. The highest BCUT2D eigenvalue weighted by Gasteiger charge is 2.46. The smallest absolute Gasteiger partial charge is 0.335 e. The Morgan fingerprint density at radius 2 is 1.96 bits per heavy atom. The number of ether oxygens (including phenoxy) is 1. The first-order valence-electron chi connectivity index (χ1n) is 8.42. The number of fused-ring (bicyclic) bond motifs is 1. The third-order valence-corrected chi connectivity index (χ3v) is 4.93. The number of hydrogen-bond acceptors (Lipinski definition) is 4. The van der Waals surface area contributed by atoms with Crippen molar-refractivity contribution < 1.29 is 23.4 Å². The number of rotatable bonds is 4. The van der Waals surface area contributed by atoms with E-state index in [1.807, 2.05) is 6.07 Å². The van der Waals surface area contributed by atoms with Gasteiger partial charge in [0.1, 0.15) is 12.1 Å². The minimum atomic E-state index is -2.73. The van der Waals surface area contributed by atoms with E-state index in [2.05, 4.69) is 9.97 Å². The molecule has 0 atom stereocenters. The maximum Gasteiger partial charge on any atom is 0.335 e. The summed E-state index contributed by atoms with van der Waals surface area (Å²) in [7, 11) is 1.56. The maximum absolute atomic E-state index is 13.3. The standard InChI is InChI=1S/C20H16F2N2O3/c1-27-13-3-5-15-17(7-13)23-10-24-18(15)11-2-4-14(19(25)26)16(6-11)12-8-20(21,22)9-12/h2-7,10,12H,8-9H2,1H3,(H,25,26). The SMILES string of the molecule is COc1ccc2c(-c3ccc(C(=O)O)c(C4CC(F)(F)C4)c3)ncnc2c1. The molecule has 0 radical (unpaired) electrons. The molecule has 0 unspecified atom stereocenters. The van der Waals surface area contributed by atoms with Crippen molar-refractivity contribution in [1.82, 2.24) is 9.97 Å². The van der Waals surface area contributed by atoms with Crippen molar-refractivity contribution in [2.24, 2.45) is 0 Å². The van der Waals surface area contributed by atoms with E-state index < -0.39 is 17.8 Å². The van der Waals surface area contributed by atoms with Gasteiger partial charge in [0.2, 0.25) is 5.92 Å². The summed E-state index contributed by atoms with van der Waals surface area (Å²) in [4.78, 5) is 20.1. The summed E-state index contributed by atoms with van der Waals surface area (Å²) in [5.41, 5.74) is 2.44. The van der Waals surface area contributed by atoms with Crippen molar-refractivity contribution in [2.45, 2.75) is 24.7 Å². The molecule has 7 heteroatoms. The van der Waals surface area contributed by atoms with E-state index in [-0.39, 0.29) is 18.4 Å². The van der Waals surface area contributed by atoms with Crippen LogP contribution in [0.15, 0.2) is 42.7 Å². The van der Waals surface area contributed by atoms with Crippen LogP contribution < -0.4 is 4.74 Å². The van der Waals surface area contributed by atoms with Crippen LogP contribution >= 0.6 is 0 Å². The molecule has 2 aromatic carbocycles. The summed E-state index contributed by atoms with van der Waals surface area (Å²) < 4.78 is 31.9. The van der Waals surface area contributed by atoms with Gasteiger partial charge in [-0.1, -0.05) is 6.07 Å². The summed E-state index contributed by atoms with van der Waals surface area (Å²) in [5, 5.41) is 10.2. The number of methoxy groups -OCH3 is 1. The third-order valence-electron chi connectivity index (χ3n) is 4.93. The summed E-state index contributed by atoms with van der Waals surface area (Å²) in [6.45, 7) is 0. The van der Waals surface area contributed by atoms with Crippen LogP contribution in [0, 0.1) is 0 Å². The number of carboxylic acids is 1. The van der Waals surface area contributed by atoms with Crippen molar-refractivity contribution >= 4 is 16.9 Å². The van der Waals surface area contributed by atoms with Crippen LogP contribution in [0.2, 0.25) is 0 Å². The number of aromatic nitrogens is 2. The molecule has 1 aromatic heterocycles. The Kier molecular flexibility index (Phi) is 4.02. The first-order valence-corrected chi connectivity index (χ1v) is 8.42. The second-order valence-electron chi connectivity index (χ2n) is 6.67. The molecule has 0 aliphatic heterocycles. The second-order valence-corrected chi connectivity index (χ2v) is 6.67. The lowest BCUT2D eigenvalue weighted by atomic mass is 9.74. The molecule has 1 heterocycles. The van der Waals surface area contributed by atoms with Crippen LogP contribution in [0.4, 0.5) is 8.78 Å². The lowest BCUT2D eigenvalue weighted by Crippen LogP contribution is -2.34. The van der Waals surface area contributed by atoms with Crippen molar-refractivity contribution in [2.75, 3.05) is 7.11 Å². The Bertz CT molecular complexity index is 1040. The number of carbonyl (C=O) groups is 1. The predicted molar refractivity (Wildman–Crippen MR) is 95.4 cm³/mol. The zero-order valence-electron chi connectivity index (χ0n) is 14.4. The third kappa shape index (κ3) is 3.09. The van der Waals surface area contributed by atoms with Gasteiger partial charge in [-0.25, -0.2) is 23.5 Å². The van der Waals surface area contributed by atoms with E-state index >= 15 is 0 Å².